The number of nitro groups is 1. The zero-order chi connectivity index (χ0) is 24.7. The smallest absolute Gasteiger partial charge is 0.406 e. The molecule has 0 spiro atoms. The number of nitrogens with zero attached hydrogens (tertiary/aromatic N) is 4. The minimum atomic E-state index is -4.89. The van der Waals surface area contributed by atoms with Gasteiger partial charge in [-0.3, -0.25) is 14.5 Å². The van der Waals surface area contributed by atoms with E-state index in [9.17, 15) is 36.5 Å². The first kappa shape index (κ1) is 22.8. The van der Waals surface area contributed by atoms with Crippen molar-refractivity contribution in [3.63, 3.8) is 0 Å². The largest absolute Gasteiger partial charge is 0.573 e. The quantitative estimate of drug-likeness (QED) is 0.214. The Morgan fingerprint density at radius 1 is 0.971 bits per heavy atom. The molecule has 1 aromatic carbocycles. The second kappa shape index (κ2) is 8.20. The van der Waals surface area contributed by atoms with Crippen LogP contribution in [0, 0.1) is 10.1 Å². The fourth-order valence-corrected chi connectivity index (χ4v) is 3.13. The summed E-state index contributed by atoms with van der Waals surface area (Å²) in [4.78, 5) is 18.3. The van der Waals surface area contributed by atoms with Crippen molar-refractivity contribution < 1.29 is 36.0 Å². The maximum Gasteiger partial charge on any atom is 0.573 e. The lowest BCUT2D eigenvalue weighted by molar-refractivity contribution is -0.384. The summed E-state index contributed by atoms with van der Waals surface area (Å²) in [7, 11) is 0. The van der Waals surface area contributed by atoms with E-state index in [1.807, 2.05) is 0 Å². The number of pyridine rings is 2. The van der Waals surface area contributed by atoms with Crippen LogP contribution in [0.5, 0.6) is 5.75 Å². The number of ether oxygens (including phenoxy) is 1. The van der Waals surface area contributed by atoms with Gasteiger partial charge in [0.05, 0.1) is 16.7 Å². The summed E-state index contributed by atoms with van der Waals surface area (Å²) in [6.45, 7) is 0. The number of nitrogens with one attached hydrogen (secondary N) is 1. The zero-order valence-corrected chi connectivity index (χ0v) is 16.6. The minimum Gasteiger partial charge on any atom is -0.406 e. The van der Waals surface area contributed by atoms with Gasteiger partial charge in [0.25, 0.3) is 5.69 Å². The van der Waals surface area contributed by atoms with Crippen molar-refractivity contribution >= 4 is 22.8 Å². The summed E-state index contributed by atoms with van der Waals surface area (Å²) >= 11 is 0. The van der Waals surface area contributed by atoms with Gasteiger partial charge in [0, 0.05) is 18.0 Å². The van der Waals surface area contributed by atoms with E-state index in [1.165, 1.54) is 36.5 Å². The Hall–Kier alpha value is -4.36. The van der Waals surface area contributed by atoms with Crippen LogP contribution in [0.2, 0.25) is 0 Å². The standard InChI is InChI=1S/C20H11F6N5O3/c21-19(22,23)18-17(30-8-2-1-3-16(30)29-18)14-9-12(31(32)33)10-15(28-14)27-11-4-6-13(7-5-11)34-20(24,25)26/h1-10H,(H,27,28). The number of anilines is 2. The highest BCUT2D eigenvalue weighted by Gasteiger charge is 2.39. The van der Waals surface area contributed by atoms with Gasteiger partial charge in [-0.25, -0.2) is 9.97 Å². The summed E-state index contributed by atoms with van der Waals surface area (Å²) in [5.74, 6) is -0.723. The Labute approximate surface area is 185 Å². The Morgan fingerprint density at radius 3 is 2.29 bits per heavy atom. The van der Waals surface area contributed by atoms with E-state index >= 15 is 0 Å². The normalized spacial score (nSPS) is 12.1. The monoisotopic (exact) mass is 483 g/mol. The summed E-state index contributed by atoms with van der Waals surface area (Å²) in [6.07, 6.45) is -8.47. The minimum absolute atomic E-state index is 0.0482. The Bertz CT molecular complexity index is 1370. The average Bonchev–Trinajstić information content (AvgIpc) is 3.14. The van der Waals surface area contributed by atoms with Crippen LogP contribution in [0.3, 0.4) is 0 Å². The van der Waals surface area contributed by atoms with E-state index in [0.717, 1.165) is 28.7 Å². The van der Waals surface area contributed by atoms with Crippen LogP contribution in [0.15, 0.2) is 60.8 Å². The summed E-state index contributed by atoms with van der Waals surface area (Å²) in [6, 6.07) is 10.4. The molecule has 1 N–H and O–H groups in total. The fourth-order valence-electron chi connectivity index (χ4n) is 3.13. The van der Waals surface area contributed by atoms with Gasteiger partial charge < -0.3 is 10.1 Å². The van der Waals surface area contributed by atoms with Crippen molar-refractivity contribution in [2.24, 2.45) is 0 Å². The van der Waals surface area contributed by atoms with Gasteiger partial charge in [0.15, 0.2) is 5.69 Å². The van der Waals surface area contributed by atoms with Gasteiger partial charge in [-0.2, -0.15) is 13.2 Å². The molecular formula is C20H11F6N5O3. The molecule has 0 aliphatic rings. The molecule has 0 saturated heterocycles. The molecule has 0 radical (unpaired) electrons. The van der Waals surface area contributed by atoms with Gasteiger partial charge in [-0.1, -0.05) is 6.07 Å². The molecule has 4 rings (SSSR count). The lowest BCUT2D eigenvalue weighted by Crippen LogP contribution is -2.16. The van der Waals surface area contributed by atoms with E-state index in [-0.39, 0.29) is 22.8 Å². The average molecular weight is 483 g/mol. The Kier molecular flexibility index (Phi) is 5.51. The molecule has 3 heterocycles. The number of halogens is 6. The first-order valence-electron chi connectivity index (χ1n) is 9.25. The van der Waals surface area contributed by atoms with E-state index in [4.69, 9.17) is 0 Å². The first-order valence-corrected chi connectivity index (χ1v) is 9.25. The lowest BCUT2D eigenvalue weighted by Gasteiger charge is -2.12. The molecule has 0 bridgehead atoms. The molecule has 0 aliphatic carbocycles. The van der Waals surface area contributed by atoms with Crippen LogP contribution in [0.1, 0.15) is 5.69 Å². The van der Waals surface area contributed by atoms with Crippen LogP contribution in [-0.2, 0) is 6.18 Å². The number of alkyl halides is 6. The number of rotatable bonds is 5. The molecule has 176 valence electrons. The molecule has 14 heteroatoms. The van der Waals surface area contributed by atoms with Crippen molar-refractivity contribution in [1.82, 2.24) is 14.4 Å². The zero-order valence-electron chi connectivity index (χ0n) is 16.6. The summed E-state index contributed by atoms with van der Waals surface area (Å²) < 4.78 is 82.9. The van der Waals surface area contributed by atoms with Crippen molar-refractivity contribution in [3.05, 3.63) is 76.6 Å². The predicted octanol–water partition coefficient (Wildman–Crippen LogP) is 5.97. The van der Waals surface area contributed by atoms with Crippen molar-refractivity contribution in [3.8, 4) is 17.1 Å². The van der Waals surface area contributed by atoms with Crippen LogP contribution in [0.4, 0.5) is 43.5 Å². The highest BCUT2D eigenvalue weighted by Crippen LogP contribution is 2.38. The van der Waals surface area contributed by atoms with Crippen LogP contribution in [-0.4, -0.2) is 25.7 Å². The number of fused-ring (bicyclic) bond motifs is 1. The maximum atomic E-state index is 13.7. The number of hydrogen-bond acceptors (Lipinski definition) is 6. The third kappa shape index (κ3) is 4.84. The number of benzene rings is 1. The van der Waals surface area contributed by atoms with Gasteiger partial charge in [-0.05, 0) is 36.4 Å². The molecule has 0 atom stereocenters. The summed E-state index contributed by atoms with van der Waals surface area (Å²) in [5.41, 5.74) is -2.64. The molecular weight excluding hydrogens is 472 g/mol. The van der Waals surface area contributed by atoms with Crippen LogP contribution in [0.25, 0.3) is 17.0 Å². The predicted molar refractivity (Wildman–Crippen MR) is 106 cm³/mol. The van der Waals surface area contributed by atoms with Crippen molar-refractivity contribution in [2.75, 3.05) is 5.32 Å². The van der Waals surface area contributed by atoms with Gasteiger partial charge in [-0.15, -0.1) is 13.2 Å². The van der Waals surface area contributed by atoms with Crippen molar-refractivity contribution in [1.29, 1.82) is 0 Å². The number of hydrogen-bond donors (Lipinski definition) is 1. The topological polar surface area (TPSA) is 94.6 Å². The molecule has 3 aromatic heterocycles. The number of aromatic nitrogens is 3. The van der Waals surface area contributed by atoms with Gasteiger partial charge in [0.1, 0.15) is 22.9 Å². The molecule has 0 fully saturated rings. The van der Waals surface area contributed by atoms with Gasteiger partial charge >= 0.3 is 12.5 Å². The third-order valence-corrected chi connectivity index (χ3v) is 4.42. The summed E-state index contributed by atoms with van der Waals surface area (Å²) in [5, 5.41) is 14.1. The maximum absolute atomic E-state index is 13.7. The SMILES string of the molecule is O=[N+]([O-])c1cc(Nc2ccc(OC(F)(F)F)cc2)nc(-c2c(C(F)(F)F)nc3ccccn23)c1. The Morgan fingerprint density at radius 2 is 1.68 bits per heavy atom. The van der Waals surface area contributed by atoms with E-state index in [2.05, 4.69) is 20.0 Å². The van der Waals surface area contributed by atoms with E-state index in [1.54, 1.807) is 0 Å². The van der Waals surface area contributed by atoms with Crippen LogP contribution < -0.4 is 10.1 Å². The van der Waals surface area contributed by atoms with Crippen molar-refractivity contribution in [2.45, 2.75) is 12.5 Å². The lowest BCUT2D eigenvalue weighted by atomic mass is 10.2. The fraction of sp³-hybridized carbons (Fsp3) is 0.100. The second-order valence-corrected chi connectivity index (χ2v) is 6.79. The number of imidazole rings is 1. The highest BCUT2D eigenvalue weighted by molar-refractivity contribution is 5.70. The van der Waals surface area contributed by atoms with Gasteiger partial charge in [0.2, 0.25) is 0 Å². The molecule has 0 saturated carbocycles. The first-order chi connectivity index (χ1) is 15.9. The highest BCUT2D eigenvalue weighted by atomic mass is 19.4. The molecule has 4 aromatic rings. The molecule has 0 unspecified atom stereocenters. The van der Waals surface area contributed by atoms with E-state index < -0.39 is 40.3 Å². The molecule has 0 amide bonds. The Balaban J connectivity index is 1.79. The molecule has 0 aliphatic heterocycles. The van der Waals surface area contributed by atoms with Crippen LogP contribution >= 0.6 is 0 Å². The second-order valence-electron chi connectivity index (χ2n) is 6.79. The third-order valence-electron chi connectivity index (χ3n) is 4.42. The van der Waals surface area contributed by atoms with E-state index in [0.29, 0.717) is 0 Å². The molecule has 34 heavy (non-hydrogen) atoms. The molecule has 8 nitrogen and oxygen atoms in total.